The molecule has 1 saturated heterocycles. The zero-order valence-electron chi connectivity index (χ0n) is 15.8. The van der Waals surface area contributed by atoms with E-state index in [9.17, 15) is 10.2 Å². The van der Waals surface area contributed by atoms with E-state index in [0.29, 0.717) is 17.9 Å². The number of phenolic OH excluding ortho intramolecular Hbond substituents is 1. The summed E-state index contributed by atoms with van der Waals surface area (Å²) in [7, 11) is 1.72. The van der Waals surface area contributed by atoms with Crippen LogP contribution >= 0.6 is 0 Å². The number of rotatable bonds is 3. The normalized spacial score (nSPS) is 41.9. The summed E-state index contributed by atoms with van der Waals surface area (Å²) >= 11 is 0. The Morgan fingerprint density at radius 3 is 2.89 bits per heavy atom. The molecule has 2 heterocycles. The summed E-state index contributed by atoms with van der Waals surface area (Å²) < 4.78 is 12.1. The zero-order chi connectivity index (χ0) is 18.6. The number of ether oxygens (including phenoxy) is 2. The van der Waals surface area contributed by atoms with Gasteiger partial charge >= 0.3 is 0 Å². The van der Waals surface area contributed by atoms with Gasteiger partial charge in [0, 0.05) is 37.0 Å². The smallest absolute Gasteiger partial charge is 0.165 e. The van der Waals surface area contributed by atoms with Crippen LogP contribution in [-0.2, 0) is 16.6 Å². The molecule has 5 aliphatic rings. The average Bonchev–Trinajstić information content (AvgIpc) is 3.38. The maximum Gasteiger partial charge on any atom is 0.165 e. The third-order valence-electron chi connectivity index (χ3n) is 8.17. The van der Waals surface area contributed by atoms with Crippen LogP contribution in [0.15, 0.2) is 6.07 Å². The summed E-state index contributed by atoms with van der Waals surface area (Å²) in [5.41, 5.74) is 7.63. The average molecular weight is 372 g/mol. The van der Waals surface area contributed by atoms with Crippen molar-refractivity contribution in [3.05, 3.63) is 17.2 Å². The van der Waals surface area contributed by atoms with E-state index in [1.54, 1.807) is 13.2 Å². The van der Waals surface area contributed by atoms with Gasteiger partial charge in [-0.05, 0) is 56.6 Å². The maximum atomic E-state index is 12.2. The molecular formula is C21H28N2O4. The van der Waals surface area contributed by atoms with Crippen LogP contribution in [0.5, 0.6) is 11.5 Å². The standard InChI is InChI=1S/C21H28N2O4/c1-26-15-4-5-21(25)16-8-12-13(22)9-14(24)18-17(12)20(21,19(15)27-18)6-7-23(16)10-11-2-3-11/h9,11,15-16,19,24-25H,2-8,10,22H2,1H3/t15-,16+,19-,20-,21+/m0/s1. The number of methoxy groups -OCH3 is 1. The van der Waals surface area contributed by atoms with Crippen molar-refractivity contribution in [3.8, 4) is 11.5 Å². The monoisotopic (exact) mass is 372 g/mol. The van der Waals surface area contributed by atoms with Gasteiger partial charge < -0.3 is 25.4 Å². The number of phenols is 1. The van der Waals surface area contributed by atoms with Gasteiger partial charge in [-0.2, -0.15) is 0 Å². The van der Waals surface area contributed by atoms with E-state index in [2.05, 4.69) is 4.90 Å². The van der Waals surface area contributed by atoms with Crippen molar-refractivity contribution in [2.45, 2.75) is 67.8 Å². The molecule has 6 nitrogen and oxygen atoms in total. The second-order valence-electron chi connectivity index (χ2n) is 9.32. The van der Waals surface area contributed by atoms with Gasteiger partial charge in [0.2, 0.25) is 0 Å². The molecule has 27 heavy (non-hydrogen) atoms. The Hall–Kier alpha value is -1.50. The second kappa shape index (κ2) is 5.10. The second-order valence-corrected chi connectivity index (χ2v) is 9.32. The van der Waals surface area contributed by atoms with Crippen molar-refractivity contribution in [3.63, 3.8) is 0 Å². The molecule has 0 amide bonds. The SMILES string of the molecule is CO[C@H]1CC[C@@]2(O)[C@H]3Cc4c(N)cc(O)c5c4[C@@]2(CCN3CC2CC2)[C@H]1O5. The van der Waals surface area contributed by atoms with Crippen LogP contribution in [0, 0.1) is 5.92 Å². The molecule has 5 atom stereocenters. The molecular weight excluding hydrogens is 344 g/mol. The Morgan fingerprint density at radius 2 is 2.15 bits per heavy atom. The molecule has 0 unspecified atom stereocenters. The number of anilines is 1. The highest BCUT2D eigenvalue weighted by Gasteiger charge is 2.73. The van der Waals surface area contributed by atoms with E-state index in [1.165, 1.54) is 12.8 Å². The molecule has 146 valence electrons. The lowest BCUT2D eigenvalue weighted by Crippen LogP contribution is -2.77. The van der Waals surface area contributed by atoms with E-state index in [4.69, 9.17) is 15.2 Å². The lowest BCUT2D eigenvalue weighted by molar-refractivity contribution is -0.211. The molecule has 4 N–H and O–H groups in total. The van der Waals surface area contributed by atoms with E-state index in [0.717, 1.165) is 49.4 Å². The molecule has 0 radical (unpaired) electrons. The first kappa shape index (κ1) is 16.5. The first-order chi connectivity index (χ1) is 13.0. The Kier molecular flexibility index (Phi) is 3.11. The highest BCUT2D eigenvalue weighted by molar-refractivity contribution is 5.70. The highest BCUT2D eigenvalue weighted by atomic mass is 16.5. The minimum Gasteiger partial charge on any atom is -0.504 e. The van der Waals surface area contributed by atoms with E-state index in [-0.39, 0.29) is 24.0 Å². The Labute approximate surface area is 159 Å². The largest absolute Gasteiger partial charge is 0.504 e. The summed E-state index contributed by atoms with van der Waals surface area (Å²) in [6.45, 7) is 2.02. The van der Waals surface area contributed by atoms with Crippen LogP contribution in [0.25, 0.3) is 0 Å². The Morgan fingerprint density at radius 1 is 1.33 bits per heavy atom. The van der Waals surface area contributed by atoms with Gasteiger partial charge in [0.1, 0.15) is 6.10 Å². The number of hydrogen-bond donors (Lipinski definition) is 3. The number of nitrogens with zero attached hydrogens (tertiary/aromatic N) is 1. The zero-order valence-corrected chi connectivity index (χ0v) is 15.8. The fraction of sp³-hybridized carbons (Fsp3) is 0.714. The summed E-state index contributed by atoms with van der Waals surface area (Å²) in [5.74, 6) is 1.40. The van der Waals surface area contributed by atoms with Crippen molar-refractivity contribution in [1.29, 1.82) is 0 Å². The number of benzene rings is 1. The van der Waals surface area contributed by atoms with Crippen LogP contribution < -0.4 is 10.5 Å². The van der Waals surface area contributed by atoms with Gasteiger partial charge in [-0.3, -0.25) is 4.90 Å². The first-order valence-electron chi connectivity index (χ1n) is 10.3. The minimum absolute atomic E-state index is 0.0565. The molecule has 1 aromatic rings. The molecule has 2 aliphatic heterocycles. The Balaban J connectivity index is 1.58. The Bertz CT molecular complexity index is 825. The fourth-order valence-electron chi connectivity index (χ4n) is 6.79. The van der Waals surface area contributed by atoms with Crippen molar-refractivity contribution in [1.82, 2.24) is 4.90 Å². The first-order valence-corrected chi connectivity index (χ1v) is 10.3. The lowest BCUT2D eigenvalue weighted by Gasteiger charge is -2.64. The van der Waals surface area contributed by atoms with Crippen molar-refractivity contribution >= 4 is 5.69 Å². The van der Waals surface area contributed by atoms with E-state index < -0.39 is 11.0 Å². The molecule has 2 saturated carbocycles. The molecule has 1 aromatic carbocycles. The molecule has 3 aliphatic carbocycles. The van der Waals surface area contributed by atoms with Crippen LogP contribution in [0.3, 0.4) is 0 Å². The minimum atomic E-state index is -0.863. The van der Waals surface area contributed by atoms with Crippen LogP contribution in [0.4, 0.5) is 5.69 Å². The number of piperidine rings is 1. The topological polar surface area (TPSA) is 88.2 Å². The molecule has 6 heteroatoms. The van der Waals surface area contributed by atoms with Gasteiger partial charge in [0.15, 0.2) is 11.5 Å². The lowest BCUT2D eigenvalue weighted by atomic mass is 9.48. The molecule has 6 rings (SSSR count). The van der Waals surface area contributed by atoms with Crippen molar-refractivity contribution < 1.29 is 19.7 Å². The highest BCUT2D eigenvalue weighted by Crippen LogP contribution is 2.66. The van der Waals surface area contributed by atoms with Gasteiger partial charge in [0.25, 0.3) is 0 Å². The number of nitrogen functional groups attached to an aromatic ring is 1. The van der Waals surface area contributed by atoms with Crippen LogP contribution in [0.2, 0.25) is 0 Å². The quantitative estimate of drug-likeness (QED) is 0.698. The van der Waals surface area contributed by atoms with Crippen LogP contribution in [-0.4, -0.2) is 59.2 Å². The number of nitrogens with two attached hydrogens (primary N) is 1. The van der Waals surface area contributed by atoms with Gasteiger partial charge in [-0.15, -0.1) is 0 Å². The molecule has 2 bridgehead atoms. The maximum absolute atomic E-state index is 12.2. The van der Waals surface area contributed by atoms with Crippen molar-refractivity contribution in [2.75, 3.05) is 25.9 Å². The molecule has 1 spiro atoms. The third-order valence-corrected chi connectivity index (χ3v) is 8.17. The van der Waals surface area contributed by atoms with E-state index >= 15 is 0 Å². The number of aliphatic hydroxyl groups is 1. The van der Waals surface area contributed by atoms with E-state index in [1.807, 2.05) is 0 Å². The van der Waals surface area contributed by atoms with Gasteiger partial charge in [0.05, 0.1) is 17.1 Å². The van der Waals surface area contributed by atoms with Crippen LogP contribution in [0.1, 0.15) is 43.2 Å². The number of likely N-dealkylation sites (tertiary alicyclic amines) is 1. The third kappa shape index (κ3) is 1.82. The molecule has 3 fully saturated rings. The molecule has 0 aromatic heterocycles. The predicted octanol–water partition coefficient (Wildman–Crippen LogP) is 1.55. The fourth-order valence-corrected chi connectivity index (χ4v) is 6.79. The summed E-state index contributed by atoms with van der Waals surface area (Å²) in [6.07, 6.45) is 5.28. The predicted molar refractivity (Wildman–Crippen MR) is 100 cm³/mol. The summed E-state index contributed by atoms with van der Waals surface area (Å²) in [6, 6.07) is 1.68. The number of aromatic hydroxyl groups is 1. The summed E-state index contributed by atoms with van der Waals surface area (Å²) in [5, 5.41) is 22.8. The van der Waals surface area contributed by atoms with Gasteiger partial charge in [-0.1, -0.05) is 0 Å². The van der Waals surface area contributed by atoms with Gasteiger partial charge in [-0.25, -0.2) is 0 Å². The van der Waals surface area contributed by atoms with Crippen molar-refractivity contribution in [2.24, 2.45) is 5.92 Å². The number of hydrogen-bond acceptors (Lipinski definition) is 6. The summed E-state index contributed by atoms with van der Waals surface area (Å²) in [4.78, 5) is 2.51.